The third-order valence-corrected chi connectivity index (χ3v) is 3.11. The van der Waals surface area contributed by atoms with Crippen LogP contribution < -0.4 is 16.4 Å². The summed E-state index contributed by atoms with van der Waals surface area (Å²) in [7, 11) is 1.75. The summed E-state index contributed by atoms with van der Waals surface area (Å²) in [6.07, 6.45) is 0. The van der Waals surface area contributed by atoms with E-state index in [1.54, 1.807) is 35.0 Å². The number of rotatable bonds is 2. The van der Waals surface area contributed by atoms with Crippen molar-refractivity contribution in [2.24, 2.45) is 5.73 Å². The molecule has 0 atom stereocenters. The fraction of sp³-hybridized carbons (Fsp3) is 0.333. The van der Waals surface area contributed by atoms with Gasteiger partial charge in [0, 0.05) is 20.1 Å². The Morgan fingerprint density at radius 3 is 2.67 bits per heavy atom. The topological polar surface area (TPSA) is 92.7 Å². The summed E-state index contributed by atoms with van der Waals surface area (Å²) in [4.78, 5) is 26.6. The average molecular weight is 248 g/mol. The maximum atomic E-state index is 11.7. The van der Waals surface area contributed by atoms with Crippen molar-refractivity contribution in [3.63, 3.8) is 0 Å². The minimum atomic E-state index is -0.538. The molecule has 2 amide bonds. The lowest BCUT2D eigenvalue weighted by molar-refractivity contribution is -0.129. The van der Waals surface area contributed by atoms with E-state index in [1.807, 2.05) is 0 Å². The van der Waals surface area contributed by atoms with Crippen LogP contribution in [0.5, 0.6) is 0 Å². The molecule has 1 aromatic rings. The Morgan fingerprint density at radius 1 is 1.33 bits per heavy atom. The van der Waals surface area contributed by atoms with Gasteiger partial charge in [0.05, 0.1) is 23.5 Å². The van der Waals surface area contributed by atoms with Crippen LogP contribution in [0.4, 0.5) is 11.4 Å². The third-order valence-electron chi connectivity index (χ3n) is 3.11. The van der Waals surface area contributed by atoms with Gasteiger partial charge in [-0.05, 0) is 12.1 Å². The third kappa shape index (κ3) is 2.09. The lowest BCUT2D eigenvalue weighted by atomic mass is 10.1. The maximum absolute atomic E-state index is 11.7. The van der Waals surface area contributed by atoms with Gasteiger partial charge >= 0.3 is 0 Å². The Morgan fingerprint density at radius 2 is 2.06 bits per heavy atom. The first-order chi connectivity index (χ1) is 8.50. The molecule has 96 valence electrons. The molecule has 1 aromatic carbocycles. The second-order valence-electron chi connectivity index (χ2n) is 4.34. The molecule has 0 saturated carbocycles. The van der Waals surface area contributed by atoms with E-state index in [0.29, 0.717) is 30.0 Å². The molecule has 0 aliphatic carbocycles. The molecule has 2 rings (SSSR count). The van der Waals surface area contributed by atoms with Crippen LogP contribution in [0, 0.1) is 0 Å². The van der Waals surface area contributed by atoms with Gasteiger partial charge in [-0.25, -0.2) is 0 Å². The molecule has 0 spiro atoms. The number of hydrogen-bond acceptors (Lipinski definition) is 4. The van der Waals surface area contributed by atoms with E-state index in [2.05, 4.69) is 0 Å². The molecule has 6 nitrogen and oxygen atoms in total. The zero-order valence-electron chi connectivity index (χ0n) is 10.2. The molecule has 0 radical (unpaired) electrons. The van der Waals surface area contributed by atoms with Crippen LogP contribution >= 0.6 is 0 Å². The van der Waals surface area contributed by atoms with Gasteiger partial charge in [-0.2, -0.15) is 0 Å². The summed E-state index contributed by atoms with van der Waals surface area (Å²) in [5, 5.41) is 0. The quantitative estimate of drug-likeness (QED) is 0.699. The molecule has 0 bridgehead atoms. The van der Waals surface area contributed by atoms with Gasteiger partial charge in [0.15, 0.2) is 0 Å². The fourth-order valence-corrected chi connectivity index (χ4v) is 2.06. The standard InChI is InChI=1S/C12H16N4O2/c1-15-5-6-16(7-10(15)17)11-8(12(14)18)3-2-4-9(11)13/h2-4H,5-7,13H2,1H3,(H2,14,18). The zero-order chi connectivity index (χ0) is 13.3. The van der Waals surface area contributed by atoms with Gasteiger partial charge in [0.25, 0.3) is 5.91 Å². The minimum Gasteiger partial charge on any atom is -0.397 e. The van der Waals surface area contributed by atoms with Crippen LogP contribution in [-0.4, -0.2) is 43.4 Å². The van der Waals surface area contributed by atoms with Crippen LogP contribution in [0.3, 0.4) is 0 Å². The summed E-state index contributed by atoms with van der Waals surface area (Å²) >= 11 is 0. The van der Waals surface area contributed by atoms with E-state index in [1.165, 1.54) is 0 Å². The van der Waals surface area contributed by atoms with E-state index in [0.717, 1.165) is 0 Å². The first-order valence-corrected chi connectivity index (χ1v) is 5.68. The van der Waals surface area contributed by atoms with E-state index in [-0.39, 0.29) is 12.5 Å². The maximum Gasteiger partial charge on any atom is 0.250 e. The Labute approximate surface area is 105 Å². The highest BCUT2D eigenvalue weighted by atomic mass is 16.2. The molecule has 0 unspecified atom stereocenters. The van der Waals surface area contributed by atoms with Gasteiger partial charge in [-0.15, -0.1) is 0 Å². The van der Waals surface area contributed by atoms with Crippen molar-refractivity contribution in [1.29, 1.82) is 0 Å². The predicted molar refractivity (Wildman–Crippen MR) is 69.2 cm³/mol. The van der Waals surface area contributed by atoms with E-state index < -0.39 is 5.91 Å². The molecule has 1 saturated heterocycles. The predicted octanol–water partition coefficient (Wildman–Crippen LogP) is -0.354. The van der Waals surface area contributed by atoms with E-state index in [9.17, 15) is 9.59 Å². The van der Waals surface area contributed by atoms with Crippen molar-refractivity contribution in [1.82, 2.24) is 4.90 Å². The number of anilines is 2. The molecule has 6 heteroatoms. The Balaban J connectivity index is 2.39. The second-order valence-corrected chi connectivity index (χ2v) is 4.34. The number of hydrogen-bond donors (Lipinski definition) is 2. The molecule has 1 heterocycles. The number of primary amides is 1. The molecule has 1 aliphatic rings. The molecule has 1 fully saturated rings. The average Bonchev–Trinajstić information content (AvgIpc) is 2.32. The van der Waals surface area contributed by atoms with Crippen molar-refractivity contribution in [2.75, 3.05) is 37.3 Å². The smallest absolute Gasteiger partial charge is 0.250 e. The highest BCUT2D eigenvalue weighted by Crippen LogP contribution is 2.28. The monoisotopic (exact) mass is 248 g/mol. The Kier molecular flexibility index (Phi) is 3.10. The SMILES string of the molecule is CN1CCN(c2c(N)cccc2C(N)=O)CC1=O. The van der Waals surface area contributed by atoms with Crippen molar-refractivity contribution in [3.8, 4) is 0 Å². The molecule has 4 N–H and O–H groups in total. The fourth-order valence-electron chi connectivity index (χ4n) is 2.06. The lowest BCUT2D eigenvalue weighted by Gasteiger charge is -2.34. The molecular formula is C12H16N4O2. The number of nitrogens with zero attached hydrogens (tertiary/aromatic N) is 2. The van der Waals surface area contributed by atoms with Crippen molar-refractivity contribution in [3.05, 3.63) is 23.8 Å². The normalized spacial score (nSPS) is 15.9. The van der Waals surface area contributed by atoms with Gasteiger partial charge in [-0.3, -0.25) is 9.59 Å². The number of nitrogen functional groups attached to an aromatic ring is 1. The highest BCUT2D eigenvalue weighted by Gasteiger charge is 2.25. The first kappa shape index (κ1) is 12.2. The van der Waals surface area contributed by atoms with E-state index in [4.69, 9.17) is 11.5 Å². The van der Waals surface area contributed by atoms with Crippen LogP contribution in [0.25, 0.3) is 0 Å². The van der Waals surface area contributed by atoms with Crippen LogP contribution in [0.1, 0.15) is 10.4 Å². The number of benzene rings is 1. The van der Waals surface area contributed by atoms with Crippen molar-refractivity contribution >= 4 is 23.2 Å². The van der Waals surface area contributed by atoms with Crippen LogP contribution in [0.15, 0.2) is 18.2 Å². The number of piperazine rings is 1. The summed E-state index contributed by atoms with van der Waals surface area (Å²) in [6, 6.07) is 5.00. The second kappa shape index (κ2) is 4.56. The largest absolute Gasteiger partial charge is 0.397 e. The highest BCUT2D eigenvalue weighted by molar-refractivity contribution is 6.02. The van der Waals surface area contributed by atoms with Crippen molar-refractivity contribution < 1.29 is 9.59 Å². The van der Waals surface area contributed by atoms with Crippen molar-refractivity contribution in [2.45, 2.75) is 0 Å². The van der Waals surface area contributed by atoms with Gasteiger partial charge in [0.2, 0.25) is 5.91 Å². The summed E-state index contributed by atoms with van der Waals surface area (Å²) in [5.41, 5.74) is 12.6. The Hall–Kier alpha value is -2.24. The minimum absolute atomic E-state index is 0.0000709. The van der Waals surface area contributed by atoms with Crippen LogP contribution in [0.2, 0.25) is 0 Å². The molecular weight excluding hydrogens is 232 g/mol. The summed E-state index contributed by atoms with van der Waals surface area (Å²) in [6.45, 7) is 1.45. The molecule has 18 heavy (non-hydrogen) atoms. The number of para-hydroxylation sites is 1. The first-order valence-electron chi connectivity index (χ1n) is 5.68. The lowest BCUT2D eigenvalue weighted by Crippen LogP contribution is -2.49. The number of nitrogens with two attached hydrogens (primary N) is 2. The van der Waals surface area contributed by atoms with E-state index >= 15 is 0 Å². The number of carbonyl (C=O) groups excluding carboxylic acids is 2. The molecule has 1 aliphatic heterocycles. The van der Waals surface area contributed by atoms with Gasteiger partial charge in [0.1, 0.15) is 0 Å². The number of carbonyl (C=O) groups is 2. The van der Waals surface area contributed by atoms with Gasteiger partial charge in [-0.1, -0.05) is 6.07 Å². The summed E-state index contributed by atoms with van der Waals surface area (Å²) in [5.74, 6) is -0.538. The number of amides is 2. The van der Waals surface area contributed by atoms with Crippen LogP contribution in [-0.2, 0) is 4.79 Å². The number of likely N-dealkylation sites (N-methyl/N-ethyl adjacent to an activating group) is 1. The Bertz CT molecular complexity index is 501. The zero-order valence-corrected chi connectivity index (χ0v) is 10.2. The summed E-state index contributed by atoms with van der Waals surface area (Å²) < 4.78 is 0. The molecule has 0 aromatic heterocycles. The van der Waals surface area contributed by atoms with Gasteiger partial charge < -0.3 is 21.3 Å².